The van der Waals surface area contributed by atoms with E-state index >= 15 is 0 Å². The highest BCUT2D eigenvalue weighted by Gasteiger charge is 2.20. The van der Waals surface area contributed by atoms with Crippen molar-refractivity contribution in [2.45, 2.75) is 47.0 Å². The first-order valence-corrected chi connectivity index (χ1v) is 9.10. The molecule has 0 aliphatic rings. The molecule has 0 heterocycles. The average Bonchev–Trinajstić information content (AvgIpc) is 2.59. The standard InChI is InChI=1S/C22H28N2O2/c1-6-18-11-9-10-16(4)22(18)24(17(5)25)14-21(26)23-20-13-8-7-12-19(20)15(2)3/h7-13,15H,6,14H2,1-5H3,(H,23,26). The van der Waals surface area contributed by atoms with Crippen LogP contribution in [0.1, 0.15) is 50.3 Å². The van der Waals surface area contributed by atoms with Gasteiger partial charge in [-0.3, -0.25) is 9.59 Å². The van der Waals surface area contributed by atoms with Crippen molar-refractivity contribution in [1.82, 2.24) is 0 Å². The molecule has 0 spiro atoms. The zero-order chi connectivity index (χ0) is 19.3. The molecule has 2 amide bonds. The molecule has 2 rings (SSSR count). The lowest BCUT2D eigenvalue weighted by molar-refractivity contribution is -0.120. The molecule has 26 heavy (non-hydrogen) atoms. The number of amides is 2. The van der Waals surface area contributed by atoms with Gasteiger partial charge in [-0.15, -0.1) is 0 Å². The van der Waals surface area contributed by atoms with Crippen LogP contribution in [0.25, 0.3) is 0 Å². The van der Waals surface area contributed by atoms with Crippen molar-refractivity contribution in [1.29, 1.82) is 0 Å². The van der Waals surface area contributed by atoms with Crippen molar-refractivity contribution < 1.29 is 9.59 Å². The van der Waals surface area contributed by atoms with Crippen LogP contribution >= 0.6 is 0 Å². The number of nitrogens with zero attached hydrogens (tertiary/aromatic N) is 1. The number of nitrogens with one attached hydrogen (secondary N) is 1. The molecule has 4 nitrogen and oxygen atoms in total. The molecule has 2 aromatic carbocycles. The van der Waals surface area contributed by atoms with Crippen LogP contribution in [0.3, 0.4) is 0 Å². The Balaban J connectivity index is 2.27. The quantitative estimate of drug-likeness (QED) is 0.821. The summed E-state index contributed by atoms with van der Waals surface area (Å²) < 4.78 is 0. The molecule has 0 aliphatic carbocycles. The number of rotatable bonds is 6. The van der Waals surface area contributed by atoms with Crippen LogP contribution in [0.15, 0.2) is 42.5 Å². The van der Waals surface area contributed by atoms with Gasteiger partial charge < -0.3 is 10.2 Å². The van der Waals surface area contributed by atoms with Crippen LogP contribution in [0, 0.1) is 6.92 Å². The summed E-state index contributed by atoms with van der Waals surface area (Å²) >= 11 is 0. The number of benzene rings is 2. The van der Waals surface area contributed by atoms with Gasteiger partial charge in [0.15, 0.2) is 0 Å². The largest absolute Gasteiger partial charge is 0.324 e. The van der Waals surface area contributed by atoms with Crippen LogP contribution in [-0.4, -0.2) is 18.4 Å². The Morgan fingerprint density at radius 3 is 2.38 bits per heavy atom. The summed E-state index contributed by atoms with van der Waals surface area (Å²) in [4.78, 5) is 26.5. The molecular formula is C22H28N2O2. The van der Waals surface area contributed by atoms with E-state index in [0.29, 0.717) is 5.92 Å². The second-order valence-electron chi connectivity index (χ2n) is 6.83. The third-order valence-electron chi connectivity index (χ3n) is 4.51. The highest BCUT2D eigenvalue weighted by atomic mass is 16.2. The lowest BCUT2D eigenvalue weighted by Crippen LogP contribution is -2.37. The fourth-order valence-corrected chi connectivity index (χ4v) is 3.19. The van der Waals surface area contributed by atoms with Crippen LogP contribution in [0.2, 0.25) is 0 Å². The molecule has 0 saturated heterocycles. The Hall–Kier alpha value is -2.62. The van der Waals surface area contributed by atoms with Gasteiger partial charge in [-0.05, 0) is 42.0 Å². The Bertz CT molecular complexity index is 796. The monoisotopic (exact) mass is 352 g/mol. The van der Waals surface area contributed by atoms with E-state index < -0.39 is 0 Å². The predicted molar refractivity (Wildman–Crippen MR) is 108 cm³/mol. The molecule has 4 heteroatoms. The number of hydrogen-bond acceptors (Lipinski definition) is 2. The fraction of sp³-hybridized carbons (Fsp3) is 0.364. The summed E-state index contributed by atoms with van der Waals surface area (Å²) in [5, 5.41) is 2.97. The highest BCUT2D eigenvalue weighted by Crippen LogP contribution is 2.27. The average molecular weight is 352 g/mol. The molecule has 0 aliphatic heterocycles. The zero-order valence-corrected chi connectivity index (χ0v) is 16.3. The normalized spacial score (nSPS) is 10.7. The molecule has 1 N–H and O–H groups in total. The minimum atomic E-state index is -0.196. The molecule has 0 radical (unpaired) electrons. The van der Waals surface area contributed by atoms with E-state index in [0.717, 1.165) is 34.5 Å². The Labute approximate surface area is 156 Å². The Kier molecular flexibility index (Phi) is 6.56. The first kappa shape index (κ1) is 19.7. The van der Waals surface area contributed by atoms with Gasteiger partial charge in [0.05, 0.1) is 5.69 Å². The third kappa shape index (κ3) is 4.51. The van der Waals surface area contributed by atoms with Crippen molar-refractivity contribution >= 4 is 23.2 Å². The van der Waals surface area contributed by atoms with Gasteiger partial charge in [0, 0.05) is 12.6 Å². The van der Waals surface area contributed by atoms with Crippen LogP contribution < -0.4 is 10.2 Å². The van der Waals surface area contributed by atoms with Gasteiger partial charge >= 0.3 is 0 Å². The maximum atomic E-state index is 12.7. The van der Waals surface area contributed by atoms with E-state index in [4.69, 9.17) is 0 Å². The summed E-state index contributed by atoms with van der Waals surface area (Å²) in [6.07, 6.45) is 0.804. The SMILES string of the molecule is CCc1cccc(C)c1N(CC(=O)Nc1ccccc1C(C)C)C(C)=O. The van der Waals surface area contributed by atoms with Crippen LogP contribution in [0.5, 0.6) is 0 Å². The number of carbonyl (C=O) groups is 2. The Morgan fingerprint density at radius 1 is 1.08 bits per heavy atom. The van der Waals surface area contributed by atoms with Crippen LogP contribution in [0.4, 0.5) is 11.4 Å². The minimum absolute atomic E-state index is 0.000381. The lowest BCUT2D eigenvalue weighted by atomic mass is 10.0. The van der Waals surface area contributed by atoms with E-state index in [9.17, 15) is 9.59 Å². The van der Waals surface area contributed by atoms with E-state index in [1.54, 1.807) is 4.90 Å². The van der Waals surface area contributed by atoms with Crippen molar-refractivity contribution in [2.75, 3.05) is 16.8 Å². The minimum Gasteiger partial charge on any atom is -0.324 e. The number of carbonyl (C=O) groups excluding carboxylic acids is 2. The van der Waals surface area contributed by atoms with Gasteiger partial charge in [-0.2, -0.15) is 0 Å². The summed E-state index contributed by atoms with van der Waals surface area (Å²) in [6, 6.07) is 13.7. The van der Waals surface area contributed by atoms with E-state index in [1.807, 2.05) is 49.4 Å². The van der Waals surface area contributed by atoms with E-state index in [1.165, 1.54) is 6.92 Å². The predicted octanol–water partition coefficient (Wildman–Crippen LogP) is 4.67. The summed E-state index contributed by atoms with van der Waals surface area (Å²) in [6.45, 7) is 9.70. The molecule has 2 aromatic rings. The lowest BCUT2D eigenvalue weighted by Gasteiger charge is -2.25. The molecule has 0 fully saturated rings. The maximum absolute atomic E-state index is 12.7. The molecule has 138 valence electrons. The van der Waals surface area contributed by atoms with Crippen LogP contribution in [-0.2, 0) is 16.0 Å². The smallest absolute Gasteiger partial charge is 0.244 e. The zero-order valence-electron chi connectivity index (χ0n) is 16.3. The van der Waals surface area contributed by atoms with Crippen molar-refractivity contribution in [2.24, 2.45) is 0 Å². The topological polar surface area (TPSA) is 49.4 Å². The number of hydrogen-bond donors (Lipinski definition) is 1. The molecule has 0 bridgehead atoms. The van der Waals surface area contributed by atoms with Crippen molar-refractivity contribution in [3.8, 4) is 0 Å². The number of anilines is 2. The molecule has 0 aromatic heterocycles. The van der Waals surface area contributed by atoms with Crippen molar-refractivity contribution in [3.63, 3.8) is 0 Å². The second kappa shape index (κ2) is 8.65. The highest BCUT2D eigenvalue weighted by molar-refractivity contribution is 6.02. The Morgan fingerprint density at radius 2 is 1.77 bits per heavy atom. The van der Waals surface area contributed by atoms with Gasteiger partial charge in [-0.1, -0.05) is 57.2 Å². The molecule has 0 saturated carbocycles. The maximum Gasteiger partial charge on any atom is 0.244 e. The third-order valence-corrected chi connectivity index (χ3v) is 4.51. The summed E-state index contributed by atoms with van der Waals surface area (Å²) in [5.41, 5.74) is 4.79. The summed E-state index contributed by atoms with van der Waals surface area (Å²) in [7, 11) is 0. The first-order valence-electron chi connectivity index (χ1n) is 9.10. The first-order chi connectivity index (χ1) is 12.3. The van der Waals surface area contributed by atoms with E-state index in [2.05, 4.69) is 26.1 Å². The van der Waals surface area contributed by atoms with E-state index in [-0.39, 0.29) is 18.4 Å². The molecule has 0 atom stereocenters. The number of para-hydroxylation sites is 2. The fourth-order valence-electron chi connectivity index (χ4n) is 3.19. The number of aryl methyl sites for hydroxylation is 2. The molecule has 0 unspecified atom stereocenters. The van der Waals surface area contributed by atoms with Crippen molar-refractivity contribution in [3.05, 3.63) is 59.2 Å². The molecular weight excluding hydrogens is 324 g/mol. The van der Waals surface area contributed by atoms with Gasteiger partial charge in [-0.25, -0.2) is 0 Å². The summed E-state index contributed by atoms with van der Waals surface area (Å²) in [5.74, 6) is -0.0293. The van der Waals surface area contributed by atoms with Gasteiger partial charge in [0.1, 0.15) is 6.54 Å². The second-order valence-corrected chi connectivity index (χ2v) is 6.83. The van der Waals surface area contributed by atoms with Gasteiger partial charge in [0.25, 0.3) is 0 Å². The van der Waals surface area contributed by atoms with Gasteiger partial charge in [0.2, 0.25) is 11.8 Å².